The van der Waals surface area contributed by atoms with Gasteiger partial charge in [0.05, 0.1) is 28.7 Å². The highest BCUT2D eigenvalue weighted by Crippen LogP contribution is 2.34. The number of H-pyrrole nitrogens is 1. The Morgan fingerprint density at radius 2 is 1.89 bits per heavy atom. The van der Waals surface area contributed by atoms with Gasteiger partial charge in [0.15, 0.2) is 11.5 Å². The number of rotatable bonds is 8. The third kappa shape index (κ3) is 5.34. The number of hydrogen-bond acceptors (Lipinski definition) is 8. The molecule has 37 heavy (non-hydrogen) atoms. The van der Waals surface area contributed by atoms with Crippen LogP contribution in [-0.2, 0) is 26.0 Å². The first-order valence-corrected chi connectivity index (χ1v) is 13.6. The van der Waals surface area contributed by atoms with Crippen LogP contribution in [0.25, 0.3) is 10.9 Å². The molecule has 5 rings (SSSR count). The van der Waals surface area contributed by atoms with Gasteiger partial charge in [0.2, 0.25) is 10.0 Å². The Balaban J connectivity index is 1.51. The average Bonchev–Trinajstić information content (AvgIpc) is 3.41. The molecule has 1 unspecified atom stereocenters. The molecule has 11 heteroatoms. The van der Waals surface area contributed by atoms with E-state index in [9.17, 15) is 18.0 Å². The van der Waals surface area contributed by atoms with Crippen molar-refractivity contribution in [1.82, 2.24) is 9.29 Å². The Bertz CT molecular complexity index is 1480. The summed E-state index contributed by atoms with van der Waals surface area (Å²) in [6.45, 7) is 3.15. The van der Waals surface area contributed by atoms with Crippen molar-refractivity contribution in [2.75, 3.05) is 33.0 Å². The average molecular weight is 529 g/mol. The monoisotopic (exact) mass is 528 g/mol. The van der Waals surface area contributed by atoms with Gasteiger partial charge in [-0.05, 0) is 50.1 Å². The van der Waals surface area contributed by atoms with Crippen LogP contribution in [0.5, 0.6) is 11.5 Å². The normalized spacial score (nSPS) is 17.3. The van der Waals surface area contributed by atoms with E-state index in [0.717, 1.165) is 6.42 Å². The lowest BCUT2D eigenvalue weighted by Crippen LogP contribution is -2.38. The Morgan fingerprint density at radius 3 is 2.62 bits per heavy atom. The van der Waals surface area contributed by atoms with Gasteiger partial charge >= 0.3 is 5.97 Å². The van der Waals surface area contributed by atoms with E-state index in [0.29, 0.717) is 48.6 Å². The zero-order valence-electron chi connectivity index (χ0n) is 20.4. The van der Waals surface area contributed by atoms with Gasteiger partial charge in [-0.2, -0.15) is 4.31 Å². The molecule has 3 heterocycles. The molecule has 0 aliphatic carbocycles. The number of nitrogens with one attached hydrogen (secondary N) is 1. The second-order valence-electron chi connectivity index (χ2n) is 8.89. The van der Waals surface area contributed by atoms with Gasteiger partial charge < -0.3 is 23.9 Å². The molecule has 196 valence electrons. The number of carbonyl (C=O) groups excluding carboxylic acids is 1. The quantitative estimate of drug-likeness (QED) is 0.443. The molecule has 1 N–H and O–H groups in total. The van der Waals surface area contributed by atoms with Gasteiger partial charge in [-0.1, -0.05) is 6.07 Å². The maximum Gasteiger partial charge on any atom is 0.338 e. The van der Waals surface area contributed by atoms with Crippen LogP contribution in [-0.4, -0.2) is 62.8 Å². The van der Waals surface area contributed by atoms with Crippen LogP contribution in [0.4, 0.5) is 0 Å². The van der Waals surface area contributed by atoms with E-state index >= 15 is 0 Å². The second-order valence-corrected chi connectivity index (χ2v) is 10.8. The number of pyridine rings is 1. The van der Waals surface area contributed by atoms with Crippen LogP contribution in [0.3, 0.4) is 0 Å². The first-order valence-electron chi connectivity index (χ1n) is 12.2. The number of carbonyl (C=O) groups is 1. The summed E-state index contributed by atoms with van der Waals surface area (Å²) >= 11 is 0. The van der Waals surface area contributed by atoms with E-state index in [1.807, 2.05) is 0 Å². The van der Waals surface area contributed by atoms with Crippen LogP contribution < -0.4 is 15.0 Å². The van der Waals surface area contributed by atoms with Gasteiger partial charge in [0.25, 0.3) is 5.56 Å². The predicted molar refractivity (Wildman–Crippen MR) is 135 cm³/mol. The van der Waals surface area contributed by atoms with Crippen molar-refractivity contribution in [3.8, 4) is 11.5 Å². The minimum atomic E-state index is -4.09. The molecule has 2 aliphatic heterocycles. The lowest BCUT2D eigenvalue weighted by molar-refractivity contribution is 0.0526. The summed E-state index contributed by atoms with van der Waals surface area (Å²) < 4.78 is 50.8. The Labute approximate surface area is 214 Å². The number of fused-ring (bicyclic) bond motifs is 2. The molecule has 1 atom stereocenters. The zero-order chi connectivity index (χ0) is 26.0. The molecule has 0 saturated carbocycles. The summed E-state index contributed by atoms with van der Waals surface area (Å²) in [6.07, 6.45) is 1.26. The molecule has 3 aromatic rings. The number of benzene rings is 2. The van der Waals surface area contributed by atoms with Crippen molar-refractivity contribution >= 4 is 26.9 Å². The number of hydrogen-bond donors (Lipinski definition) is 1. The summed E-state index contributed by atoms with van der Waals surface area (Å²) in [5, 5.41) is 0.692. The van der Waals surface area contributed by atoms with E-state index in [1.54, 1.807) is 25.1 Å². The third-order valence-electron chi connectivity index (χ3n) is 6.34. The Hall–Kier alpha value is -3.41. The maximum atomic E-state index is 13.8. The van der Waals surface area contributed by atoms with Crippen molar-refractivity contribution in [2.24, 2.45) is 0 Å². The molecule has 0 amide bonds. The van der Waals surface area contributed by atoms with Crippen LogP contribution in [0.15, 0.2) is 52.2 Å². The molecular weight excluding hydrogens is 500 g/mol. The van der Waals surface area contributed by atoms with E-state index in [-0.39, 0.29) is 41.8 Å². The summed E-state index contributed by atoms with van der Waals surface area (Å²) in [5.41, 5.74) is 0.563. The minimum Gasteiger partial charge on any atom is -0.486 e. The SMILES string of the molecule is CCOC(=O)c1cccc(S(=O)(=O)N(Cc2cc3cc4c(cc3[nH]c2=O)OCCO4)CC2CCCO2)c1. The molecule has 1 aromatic heterocycles. The number of aromatic nitrogens is 1. The van der Waals surface area contributed by atoms with Crippen LogP contribution in [0, 0.1) is 0 Å². The highest BCUT2D eigenvalue weighted by Gasteiger charge is 2.31. The number of sulfonamides is 1. The smallest absolute Gasteiger partial charge is 0.338 e. The fraction of sp³-hybridized carbons (Fsp3) is 0.385. The van der Waals surface area contributed by atoms with Gasteiger partial charge in [0, 0.05) is 36.7 Å². The third-order valence-corrected chi connectivity index (χ3v) is 8.15. The van der Waals surface area contributed by atoms with Crippen molar-refractivity contribution in [3.63, 3.8) is 0 Å². The van der Waals surface area contributed by atoms with Crippen molar-refractivity contribution in [1.29, 1.82) is 0 Å². The molecule has 0 bridgehead atoms. The molecule has 2 aromatic carbocycles. The summed E-state index contributed by atoms with van der Waals surface area (Å²) in [4.78, 5) is 28.0. The molecule has 0 spiro atoms. The number of aromatic amines is 1. The van der Waals surface area contributed by atoms with Gasteiger partial charge in [0.1, 0.15) is 13.2 Å². The first-order chi connectivity index (χ1) is 17.8. The van der Waals surface area contributed by atoms with Crippen LogP contribution in [0.2, 0.25) is 0 Å². The number of ether oxygens (including phenoxy) is 4. The minimum absolute atomic E-state index is 0.0621. The maximum absolute atomic E-state index is 13.8. The van der Waals surface area contributed by atoms with E-state index in [4.69, 9.17) is 18.9 Å². The molecule has 1 fully saturated rings. The van der Waals surface area contributed by atoms with Crippen molar-refractivity contribution in [3.05, 3.63) is 63.9 Å². The van der Waals surface area contributed by atoms with E-state index in [1.165, 1.54) is 28.6 Å². The highest BCUT2D eigenvalue weighted by atomic mass is 32.2. The fourth-order valence-electron chi connectivity index (χ4n) is 4.51. The largest absolute Gasteiger partial charge is 0.486 e. The number of nitrogens with zero attached hydrogens (tertiary/aromatic N) is 1. The molecule has 10 nitrogen and oxygen atoms in total. The molecular formula is C26H28N2O8S. The molecule has 2 aliphatic rings. The molecule has 0 radical (unpaired) electrons. The standard InChI is InChI=1S/C26H28N2O8S/c1-2-33-26(30)17-5-3-7-21(12-17)37(31,32)28(16-20-6-4-8-34-20)15-19-11-18-13-23-24(36-10-9-35-23)14-22(18)27-25(19)29/h3,5,7,11-14,20H,2,4,6,8-10,15-16H2,1H3,(H,27,29). The Kier molecular flexibility index (Phi) is 7.18. The van der Waals surface area contributed by atoms with Gasteiger partial charge in [-0.3, -0.25) is 4.79 Å². The van der Waals surface area contributed by atoms with Crippen LogP contribution in [0.1, 0.15) is 35.7 Å². The second kappa shape index (κ2) is 10.5. The highest BCUT2D eigenvalue weighted by molar-refractivity contribution is 7.89. The predicted octanol–water partition coefficient (Wildman–Crippen LogP) is 2.85. The zero-order valence-corrected chi connectivity index (χ0v) is 21.2. The van der Waals surface area contributed by atoms with Gasteiger partial charge in [-0.25, -0.2) is 13.2 Å². The number of esters is 1. The van der Waals surface area contributed by atoms with Crippen LogP contribution >= 0.6 is 0 Å². The molecule has 1 saturated heterocycles. The summed E-state index contributed by atoms with van der Waals surface area (Å²) in [6, 6.07) is 10.9. The summed E-state index contributed by atoms with van der Waals surface area (Å²) in [7, 11) is -4.09. The van der Waals surface area contributed by atoms with Crippen molar-refractivity contribution in [2.45, 2.75) is 37.3 Å². The lowest BCUT2D eigenvalue weighted by Gasteiger charge is -2.25. The lowest BCUT2D eigenvalue weighted by atomic mass is 10.1. The topological polar surface area (TPSA) is 124 Å². The fourth-order valence-corrected chi connectivity index (χ4v) is 6.00. The van der Waals surface area contributed by atoms with Gasteiger partial charge in [-0.15, -0.1) is 0 Å². The Morgan fingerprint density at radius 1 is 1.11 bits per heavy atom. The summed E-state index contributed by atoms with van der Waals surface area (Å²) in [5.74, 6) is 0.508. The van der Waals surface area contributed by atoms with E-state index < -0.39 is 21.6 Å². The van der Waals surface area contributed by atoms with Crippen molar-refractivity contribution < 1.29 is 32.2 Å². The van der Waals surface area contributed by atoms with E-state index in [2.05, 4.69) is 4.98 Å². The first kappa shape index (κ1) is 25.2.